The number of aliphatic hydroxyl groups excluding tert-OH is 1. The van der Waals surface area contributed by atoms with Crippen LogP contribution in [0.4, 0.5) is 10.2 Å². The number of piperidine rings is 1. The summed E-state index contributed by atoms with van der Waals surface area (Å²) in [4.78, 5) is 18.5. The predicted molar refractivity (Wildman–Crippen MR) is 149 cm³/mol. The molecule has 0 saturated carbocycles. The van der Waals surface area contributed by atoms with E-state index >= 15 is 0 Å². The highest BCUT2D eigenvalue weighted by Crippen LogP contribution is 2.37. The zero-order chi connectivity index (χ0) is 28.6. The number of ether oxygens (including phenoxy) is 3. The van der Waals surface area contributed by atoms with Crippen molar-refractivity contribution >= 4 is 34.9 Å². The van der Waals surface area contributed by atoms with Gasteiger partial charge in [-0.2, -0.15) is 5.10 Å². The Bertz CT molecular complexity index is 1300. The molecule has 3 heterocycles. The van der Waals surface area contributed by atoms with E-state index < -0.39 is 11.9 Å². The Balaban J connectivity index is 1.34. The van der Waals surface area contributed by atoms with Gasteiger partial charge >= 0.3 is 0 Å². The second kappa shape index (κ2) is 14.1. The lowest BCUT2D eigenvalue weighted by Gasteiger charge is -2.32. The van der Waals surface area contributed by atoms with Crippen LogP contribution in [-0.4, -0.2) is 76.8 Å². The lowest BCUT2D eigenvalue weighted by molar-refractivity contribution is -0.138. The van der Waals surface area contributed by atoms with Gasteiger partial charge in [0, 0.05) is 47.2 Å². The van der Waals surface area contributed by atoms with Crippen LogP contribution < -0.4 is 10.5 Å². The summed E-state index contributed by atoms with van der Waals surface area (Å²) in [6.07, 6.45) is 6.13. The van der Waals surface area contributed by atoms with Gasteiger partial charge in [0.25, 0.3) is 0 Å². The van der Waals surface area contributed by atoms with Crippen molar-refractivity contribution in [2.45, 2.75) is 31.9 Å². The van der Waals surface area contributed by atoms with E-state index in [4.69, 9.17) is 48.3 Å². The van der Waals surface area contributed by atoms with Crippen LogP contribution in [-0.2, 0) is 14.3 Å². The first kappa shape index (κ1) is 30.0. The lowest BCUT2D eigenvalue weighted by atomic mass is 10.1. The number of amides is 1. The number of hydrogen-bond acceptors (Lipinski definition) is 8. The average molecular weight is 596 g/mol. The number of carbonyl (C=O) groups excluding carboxylic acids is 1. The average Bonchev–Trinajstić information content (AvgIpc) is 3.44. The number of anilines is 1. The number of hydrogen-bond donors (Lipinski definition) is 2. The molecule has 3 N–H and O–H groups in total. The number of nitrogen functional groups attached to an aromatic ring is 1. The fraction of sp³-hybridized carbons (Fsp3) is 0.444. The second-order valence-electron chi connectivity index (χ2n) is 9.33. The molecule has 10 nitrogen and oxygen atoms in total. The minimum Gasteiger partial charge on any atom is -0.482 e. The standard InChI is InChI=1S/C27H32Cl2FN5O5/c1-17(25-21(28)2-3-22(30)26(25)29)40-23-12-18(13-32-27(23)31)19-14-33-35(15-19)20-4-6-34(7-5-20)24(37)16-39-11-10-38-9-8-36/h2-3,12-15,17,20,36H,4-11,16H2,1H3,(H2,31,32)/t17-/m0/s1. The number of aromatic nitrogens is 3. The van der Waals surface area contributed by atoms with Crippen LogP contribution in [0.5, 0.6) is 5.75 Å². The number of benzene rings is 1. The summed E-state index contributed by atoms with van der Waals surface area (Å²) in [5.74, 6) is -0.168. The van der Waals surface area contributed by atoms with E-state index in [0.29, 0.717) is 37.6 Å². The van der Waals surface area contributed by atoms with Crippen molar-refractivity contribution in [1.82, 2.24) is 19.7 Å². The maximum Gasteiger partial charge on any atom is 0.248 e. The number of nitrogens with two attached hydrogens (primary N) is 1. The zero-order valence-corrected chi connectivity index (χ0v) is 23.6. The molecule has 3 aromatic rings. The molecule has 1 aliphatic heterocycles. The third-order valence-corrected chi connectivity index (χ3v) is 7.34. The highest BCUT2D eigenvalue weighted by molar-refractivity contribution is 6.36. The van der Waals surface area contributed by atoms with Crippen LogP contribution in [0.1, 0.15) is 37.5 Å². The van der Waals surface area contributed by atoms with E-state index in [2.05, 4.69) is 10.1 Å². The largest absolute Gasteiger partial charge is 0.482 e. The lowest BCUT2D eigenvalue weighted by Crippen LogP contribution is -2.41. The highest BCUT2D eigenvalue weighted by Gasteiger charge is 2.25. The molecule has 1 saturated heterocycles. The Morgan fingerprint density at radius 1 is 1.18 bits per heavy atom. The quantitative estimate of drug-likeness (QED) is 0.234. The highest BCUT2D eigenvalue weighted by atomic mass is 35.5. The summed E-state index contributed by atoms with van der Waals surface area (Å²) in [7, 11) is 0. The van der Waals surface area contributed by atoms with Crippen molar-refractivity contribution in [3.8, 4) is 16.9 Å². The maximum atomic E-state index is 14.0. The van der Waals surface area contributed by atoms with Crippen LogP contribution in [0, 0.1) is 5.82 Å². The molecule has 13 heteroatoms. The molecule has 4 rings (SSSR count). The zero-order valence-electron chi connectivity index (χ0n) is 22.1. The Kier molecular flexibility index (Phi) is 10.6. The summed E-state index contributed by atoms with van der Waals surface area (Å²) in [6, 6.07) is 4.51. The number of likely N-dealkylation sites (tertiary alicyclic amines) is 1. The van der Waals surface area contributed by atoms with E-state index in [1.807, 2.05) is 10.9 Å². The number of rotatable bonds is 12. The van der Waals surface area contributed by atoms with Gasteiger partial charge in [-0.25, -0.2) is 9.37 Å². The number of carbonyl (C=O) groups is 1. The first-order valence-electron chi connectivity index (χ1n) is 12.9. The molecule has 40 heavy (non-hydrogen) atoms. The van der Waals surface area contributed by atoms with Crippen molar-refractivity contribution < 1.29 is 28.5 Å². The normalized spacial score (nSPS) is 14.9. The fourth-order valence-electron chi connectivity index (χ4n) is 4.47. The number of halogens is 3. The molecular formula is C27H32Cl2FN5O5. The molecule has 1 fully saturated rings. The molecule has 1 atom stereocenters. The van der Waals surface area contributed by atoms with Crippen LogP contribution in [0.2, 0.25) is 10.0 Å². The Hall–Kier alpha value is -2.96. The van der Waals surface area contributed by atoms with Gasteiger partial charge in [-0.3, -0.25) is 9.48 Å². The van der Waals surface area contributed by atoms with Crippen molar-refractivity contribution in [2.24, 2.45) is 0 Å². The molecular weight excluding hydrogens is 564 g/mol. The molecule has 0 unspecified atom stereocenters. The molecule has 1 aliphatic rings. The molecule has 0 aliphatic carbocycles. The summed E-state index contributed by atoms with van der Waals surface area (Å²) in [5.41, 5.74) is 7.95. The summed E-state index contributed by atoms with van der Waals surface area (Å²) in [5, 5.41) is 13.4. The summed E-state index contributed by atoms with van der Waals surface area (Å²) in [6.45, 7) is 3.77. The molecule has 0 radical (unpaired) electrons. The maximum absolute atomic E-state index is 14.0. The fourth-order valence-corrected chi connectivity index (χ4v) is 5.15. The van der Waals surface area contributed by atoms with E-state index in [1.165, 1.54) is 12.1 Å². The van der Waals surface area contributed by atoms with Crippen LogP contribution >= 0.6 is 23.2 Å². The first-order chi connectivity index (χ1) is 19.3. The minimum absolute atomic E-state index is 0.00382. The van der Waals surface area contributed by atoms with Gasteiger partial charge in [0.2, 0.25) is 5.91 Å². The SMILES string of the molecule is C[C@H](Oc1cc(-c2cnn(C3CCN(C(=O)COCCOCCO)CC3)c2)cnc1N)c1c(Cl)ccc(F)c1Cl. The molecule has 2 aromatic heterocycles. The molecule has 0 spiro atoms. The Labute approximate surface area is 241 Å². The number of nitrogens with zero attached hydrogens (tertiary/aromatic N) is 4. The second-order valence-corrected chi connectivity index (χ2v) is 10.1. The Morgan fingerprint density at radius 3 is 2.67 bits per heavy atom. The van der Waals surface area contributed by atoms with Crippen molar-refractivity contribution in [2.75, 3.05) is 51.9 Å². The van der Waals surface area contributed by atoms with Crippen molar-refractivity contribution in [1.29, 1.82) is 0 Å². The molecule has 1 aromatic carbocycles. The number of aliphatic hydroxyl groups is 1. The van der Waals surface area contributed by atoms with Gasteiger partial charge in [-0.05, 0) is 38.0 Å². The molecule has 1 amide bonds. The van der Waals surface area contributed by atoms with Gasteiger partial charge in [0.05, 0.1) is 43.7 Å². The van der Waals surface area contributed by atoms with Gasteiger partial charge in [0.15, 0.2) is 11.6 Å². The smallest absolute Gasteiger partial charge is 0.248 e. The van der Waals surface area contributed by atoms with E-state index in [1.54, 1.807) is 30.3 Å². The van der Waals surface area contributed by atoms with Crippen LogP contribution in [0.25, 0.3) is 11.1 Å². The third kappa shape index (κ3) is 7.41. The van der Waals surface area contributed by atoms with E-state index in [9.17, 15) is 9.18 Å². The van der Waals surface area contributed by atoms with Crippen molar-refractivity contribution in [3.05, 3.63) is 58.2 Å². The van der Waals surface area contributed by atoms with Gasteiger partial charge in [0.1, 0.15) is 18.5 Å². The Morgan fingerprint density at radius 2 is 1.93 bits per heavy atom. The molecule has 0 bridgehead atoms. The van der Waals surface area contributed by atoms with E-state index in [-0.39, 0.29) is 47.6 Å². The van der Waals surface area contributed by atoms with Crippen LogP contribution in [0.15, 0.2) is 36.8 Å². The van der Waals surface area contributed by atoms with Gasteiger partial charge in [-0.15, -0.1) is 0 Å². The first-order valence-corrected chi connectivity index (χ1v) is 13.7. The van der Waals surface area contributed by atoms with Gasteiger partial charge < -0.3 is 30.0 Å². The topological polar surface area (TPSA) is 125 Å². The number of pyridine rings is 1. The predicted octanol–water partition coefficient (Wildman–Crippen LogP) is 4.30. The summed E-state index contributed by atoms with van der Waals surface area (Å²) >= 11 is 12.4. The van der Waals surface area contributed by atoms with Gasteiger partial charge in [-0.1, -0.05) is 23.2 Å². The van der Waals surface area contributed by atoms with Crippen molar-refractivity contribution in [3.63, 3.8) is 0 Å². The van der Waals surface area contributed by atoms with Crippen LogP contribution in [0.3, 0.4) is 0 Å². The monoisotopic (exact) mass is 595 g/mol. The summed E-state index contributed by atoms with van der Waals surface area (Å²) < 4.78 is 32.4. The van der Waals surface area contributed by atoms with E-state index in [0.717, 1.165) is 24.0 Å². The third-order valence-electron chi connectivity index (χ3n) is 6.63. The molecule has 216 valence electrons. The minimum atomic E-state index is -0.685.